The Morgan fingerprint density at radius 1 is 1.83 bits per heavy atom. The number of nitrogens with zero attached hydrogens (tertiary/aromatic N) is 2. The minimum atomic E-state index is -0.212. The van der Waals surface area contributed by atoms with Crippen molar-refractivity contribution in [2.24, 2.45) is 5.73 Å². The van der Waals surface area contributed by atoms with Gasteiger partial charge in [0.2, 0.25) is 5.88 Å². The molecular weight excluding hydrogens is 154 g/mol. The van der Waals surface area contributed by atoms with Gasteiger partial charge in [-0.2, -0.15) is 0 Å². The van der Waals surface area contributed by atoms with Gasteiger partial charge in [-0.3, -0.25) is 4.57 Å². The first kappa shape index (κ1) is 8.39. The van der Waals surface area contributed by atoms with Crippen molar-refractivity contribution in [3.63, 3.8) is 0 Å². The van der Waals surface area contributed by atoms with E-state index in [1.54, 1.807) is 30.0 Å². The van der Waals surface area contributed by atoms with Crippen LogP contribution in [-0.2, 0) is 0 Å². The maximum absolute atomic E-state index is 8.99. The summed E-state index contributed by atoms with van der Waals surface area (Å²) in [6.07, 6.45) is 4.91. The summed E-state index contributed by atoms with van der Waals surface area (Å²) in [5.74, 6) is 0.445. The van der Waals surface area contributed by atoms with Crippen molar-refractivity contribution in [1.82, 2.24) is 9.55 Å². The van der Waals surface area contributed by atoms with E-state index >= 15 is 0 Å². The normalized spacial score (nSPS) is 12.4. The predicted octanol–water partition coefficient (Wildman–Crippen LogP) is 1.19. The first-order valence-corrected chi connectivity index (χ1v) is 3.48. The lowest BCUT2D eigenvalue weighted by molar-refractivity contribution is 0.404. The van der Waals surface area contributed by atoms with Gasteiger partial charge in [0, 0.05) is 12.4 Å². The number of hydrogen-bond acceptors (Lipinski definition) is 3. The number of aliphatic hydroxyl groups excluding tert-OH is 1. The Kier molecular flexibility index (Phi) is 2.19. The zero-order valence-corrected chi connectivity index (χ0v) is 6.86. The van der Waals surface area contributed by atoms with Gasteiger partial charge in [-0.05, 0) is 13.0 Å². The van der Waals surface area contributed by atoms with E-state index in [2.05, 4.69) is 11.6 Å². The molecule has 0 aromatic carbocycles. The summed E-state index contributed by atoms with van der Waals surface area (Å²) in [6, 6.07) is 0. The monoisotopic (exact) mass is 165 g/mol. The summed E-state index contributed by atoms with van der Waals surface area (Å²) in [6.45, 7) is 5.28. The van der Waals surface area contributed by atoms with E-state index < -0.39 is 0 Å². The standard InChI is InChI=1S/C8H11N3O/c1-3-7-10-4-5-11(7)6(2)8(9)12/h3-5,12H,1,9H2,2H3/b8-6+. The van der Waals surface area contributed by atoms with E-state index in [1.165, 1.54) is 0 Å². The number of hydrogen-bond donors (Lipinski definition) is 2. The molecule has 0 atom stereocenters. The molecule has 1 aromatic rings. The lowest BCUT2D eigenvalue weighted by Gasteiger charge is -2.04. The Hall–Kier alpha value is -1.71. The topological polar surface area (TPSA) is 64.1 Å². The van der Waals surface area contributed by atoms with Crippen molar-refractivity contribution in [3.8, 4) is 0 Å². The van der Waals surface area contributed by atoms with Gasteiger partial charge in [0.15, 0.2) is 0 Å². The van der Waals surface area contributed by atoms with E-state index in [1.807, 2.05) is 0 Å². The summed E-state index contributed by atoms with van der Waals surface area (Å²) < 4.78 is 1.66. The van der Waals surface area contributed by atoms with Gasteiger partial charge in [0.05, 0.1) is 5.70 Å². The summed E-state index contributed by atoms with van der Waals surface area (Å²) >= 11 is 0. The maximum Gasteiger partial charge on any atom is 0.201 e. The molecule has 0 amide bonds. The third kappa shape index (κ3) is 1.32. The minimum absolute atomic E-state index is 0.212. The molecule has 0 radical (unpaired) electrons. The van der Waals surface area contributed by atoms with Crippen LogP contribution < -0.4 is 5.73 Å². The van der Waals surface area contributed by atoms with Crippen LogP contribution in [0, 0.1) is 0 Å². The largest absolute Gasteiger partial charge is 0.494 e. The van der Waals surface area contributed by atoms with Gasteiger partial charge < -0.3 is 10.8 Å². The Labute approximate surface area is 70.6 Å². The van der Waals surface area contributed by atoms with Gasteiger partial charge in [-0.1, -0.05) is 6.58 Å². The number of nitrogens with two attached hydrogens (primary N) is 1. The second-order valence-corrected chi connectivity index (χ2v) is 2.33. The number of aliphatic hydroxyl groups is 1. The molecule has 0 aliphatic rings. The number of aromatic nitrogens is 2. The summed E-state index contributed by atoms with van der Waals surface area (Å²) in [5.41, 5.74) is 5.75. The molecular formula is C8H11N3O. The first-order chi connectivity index (χ1) is 5.66. The van der Waals surface area contributed by atoms with Crippen molar-refractivity contribution in [1.29, 1.82) is 0 Å². The number of imidazole rings is 1. The molecule has 4 nitrogen and oxygen atoms in total. The number of rotatable bonds is 2. The van der Waals surface area contributed by atoms with Crippen LogP contribution in [0.2, 0.25) is 0 Å². The molecule has 0 saturated heterocycles. The fourth-order valence-corrected chi connectivity index (χ4v) is 0.873. The van der Waals surface area contributed by atoms with Crippen LogP contribution in [0.3, 0.4) is 0 Å². The highest BCUT2D eigenvalue weighted by Gasteiger charge is 2.02. The molecule has 0 saturated carbocycles. The minimum Gasteiger partial charge on any atom is -0.494 e. The second kappa shape index (κ2) is 3.13. The quantitative estimate of drug-likeness (QED) is 0.647. The Morgan fingerprint density at radius 2 is 2.50 bits per heavy atom. The van der Waals surface area contributed by atoms with Crippen molar-refractivity contribution < 1.29 is 5.11 Å². The first-order valence-electron chi connectivity index (χ1n) is 3.48. The summed E-state index contributed by atoms with van der Waals surface area (Å²) in [7, 11) is 0. The molecule has 0 aliphatic carbocycles. The fourth-order valence-electron chi connectivity index (χ4n) is 0.873. The highest BCUT2D eigenvalue weighted by molar-refractivity contribution is 5.51. The lowest BCUT2D eigenvalue weighted by atomic mass is 10.4. The van der Waals surface area contributed by atoms with Crippen LogP contribution in [0.25, 0.3) is 11.8 Å². The Morgan fingerprint density at radius 3 is 3.00 bits per heavy atom. The van der Waals surface area contributed by atoms with Crippen molar-refractivity contribution in [2.75, 3.05) is 0 Å². The number of allylic oxidation sites excluding steroid dienone is 1. The van der Waals surface area contributed by atoms with Gasteiger partial charge >= 0.3 is 0 Å². The van der Waals surface area contributed by atoms with E-state index in [0.29, 0.717) is 11.5 Å². The molecule has 0 fully saturated rings. The van der Waals surface area contributed by atoms with Crippen LogP contribution >= 0.6 is 0 Å². The predicted molar refractivity (Wildman–Crippen MR) is 48.0 cm³/mol. The summed E-state index contributed by atoms with van der Waals surface area (Å²) in [5, 5.41) is 8.99. The average molecular weight is 165 g/mol. The smallest absolute Gasteiger partial charge is 0.201 e. The average Bonchev–Trinajstić information content (AvgIpc) is 2.49. The van der Waals surface area contributed by atoms with Crippen LogP contribution in [0.5, 0.6) is 0 Å². The lowest BCUT2D eigenvalue weighted by Crippen LogP contribution is -2.05. The maximum atomic E-state index is 8.99. The zero-order chi connectivity index (χ0) is 9.14. The third-order valence-electron chi connectivity index (χ3n) is 1.58. The Bertz CT molecular complexity index is 321. The zero-order valence-electron chi connectivity index (χ0n) is 6.86. The molecule has 0 unspecified atom stereocenters. The molecule has 3 N–H and O–H groups in total. The van der Waals surface area contributed by atoms with E-state index in [0.717, 1.165) is 0 Å². The van der Waals surface area contributed by atoms with Crippen LogP contribution in [-0.4, -0.2) is 14.7 Å². The van der Waals surface area contributed by atoms with Gasteiger partial charge in [0.1, 0.15) is 5.82 Å². The Balaban J connectivity index is 3.19. The van der Waals surface area contributed by atoms with Crippen LogP contribution in [0.4, 0.5) is 0 Å². The van der Waals surface area contributed by atoms with E-state index in [9.17, 15) is 0 Å². The molecule has 1 aromatic heterocycles. The highest BCUT2D eigenvalue weighted by Crippen LogP contribution is 2.09. The van der Waals surface area contributed by atoms with Gasteiger partial charge in [-0.25, -0.2) is 4.98 Å². The van der Waals surface area contributed by atoms with Crippen molar-refractivity contribution >= 4 is 11.8 Å². The molecule has 12 heavy (non-hydrogen) atoms. The van der Waals surface area contributed by atoms with Gasteiger partial charge in [0.25, 0.3) is 0 Å². The molecule has 1 rings (SSSR count). The van der Waals surface area contributed by atoms with Crippen LogP contribution in [0.15, 0.2) is 24.9 Å². The molecule has 1 heterocycles. The van der Waals surface area contributed by atoms with Crippen LogP contribution in [0.1, 0.15) is 12.7 Å². The van der Waals surface area contributed by atoms with Crippen molar-refractivity contribution in [2.45, 2.75) is 6.92 Å². The molecule has 0 bridgehead atoms. The second-order valence-electron chi connectivity index (χ2n) is 2.33. The highest BCUT2D eigenvalue weighted by atomic mass is 16.3. The molecule has 0 aliphatic heterocycles. The molecule has 64 valence electrons. The summed E-state index contributed by atoms with van der Waals surface area (Å²) in [4.78, 5) is 3.98. The SMILES string of the molecule is C=Cc1nccn1/C(C)=C(\N)O. The molecule has 0 spiro atoms. The van der Waals surface area contributed by atoms with E-state index in [4.69, 9.17) is 10.8 Å². The third-order valence-corrected chi connectivity index (χ3v) is 1.58. The van der Waals surface area contributed by atoms with Gasteiger partial charge in [-0.15, -0.1) is 0 Å². The fraction of sp³-hybridized carbons (Fsp3) is 0.125. The molecule has 4 heteroatoms. The van der Waals surface area contributed by atoms with E-state index in [-0.39, 0.29) is 5.88 Å². The van der Waals surface area contributed by atoms with Crippen molar-refractivity contribution in [3.05, 3.63) is 30.7 Å².